The second kappa shape index (κ2) is 7.92. The Balaban J connectivity index is 2.02. The Morgan fingerprint density at radius 1 is 1.29 bits per heavy atom. The number of thiazole rings is 1. The highest BCUT2D eigenvalue weighted by atomic mass is 32.1. The van der Waals surface area contributed by atoms with E-state index in [-0.39, 0.29) is 18.2 Å². The second-order valence-corrected chi connectivity index (χ2v) is 6.53. The fourth-order valence-electron chi connectivity index (χ4n) is 2.16. The first-order valence-electron chi connectivity index (χ1n) is 7.51. The highest BCUT2D eigenvalue weighted by molar-refractivity contribution is 7.13. The first-order chi connectivity index (χ1) is 11.4. The average Bonchev–Trinajstić information content (AvgIpc) is 3.00. The van der Waals surface area contributed by atoms with Crippen molar-refractivity contribution in [3.05, 3.63) is 35.3 Å². The monoisotopic (exact) mass is 348 g/mol. The third-order valence-electron chi connectivity index (χ3n) is 3.48. The molecule has 2 aromatic rings. The van der Waals surface area contributed by atoms with Crippen molar-refractivity contribution in [1.82, 2.24) is 10.3 Å². The number of aliphatic carboxylic acids is 1. The first-order valence-corrected chi connectivity index (χ1v) is 8.39. The van der Waals surface area contributed by atoms with Gasteiger partial charge in [0, 0.05) is 10.9 Å². The van der Waals surface area contributed by atoms with Gasteiger partial charge in [-0.1, -0.05) is 13.8 Å². The second-order valence-electron chi connectivity index (χ2n) is 5.68. The van der Waals surface area contributed by atoms with Crippen LogP contribution in [0.5, 0.6) is 5.75 Å². The highest BCUT2D eigenvalue weighted by Crippen LogP contribution is 2.25. The van der Waals surface area contributed by atoms with Crippen LogP contribution < -0.4 is 10.1 Å². The molecule has 1 aromatic carbocycles. The van der Waals surface area contributed by atoms with Crippen molar-refractivity contribution < 1.29 is 19.4 Å². The lowest BCUT2D eigenvalue weighted by Gasteiger charge is -2.17. The van der Waals surface area contributed by atoms with Crippen LogP contribution in [0.1, 0.15) is 19.5 Å². The average molecular weight is 348 g/mol. The Bertz CT molecular complexity index is 710. The molecule has 0 aliphatic carbocycles. The molecule has 24 heavy (non-hydrogen) atoms. The Morgan fingerprint density at radius 2 is 1.96 bits per heavy atom. The number of carbonyl (C=O) groups excluding carboxylic acids is 1. The summed E-state index contributed by atoms with van der Waals surface area (Å²) in [6, 6.07) is 6.62. The molecule has 1 aromatic heterocycles. The molecule has 1 amide bonds. The zero-order chi connectivity index (χ0) is 17.7. The minimum atomic E-state index is -1.03. The number of methoxy groups -OCH3 is 1. The van der Waals surface area contributed by atoms with Gasteiger partial charge in [0.05, 0.1) is 19.2 Å². The summed E-state index contributed by atoms with van der Waals surface area (Å²) in [7, 11) is 1.61. The molecule has 0 saturated heterocycles. The van der Waals surface area contributed by atoms with Crippen molar-refractivity contribution in [3.63, 3.8) is 0 Å². The van der Waals surface area contributed by atoms with E-state index in [0.717, 1.165) is 16.3 Å². The highest BCUT2D eigenvalue weighted by Gasteiger charge is 2.23. The number of hydrogen-bond acceptors (Lipinski definition) is 5. The van der Waals surface area contributed by atoms with E-state index < -0.39 is 12.0 Å². The fraction of sp³-hybridized carbons (Fsp3) is 0.353. The summed E-state index contributed by atoms with van der Waals surface area (Å²) in [5.41, 5.74) is 1.56. The van der Waals surface area contributed by atoms with Gasteiger partial charge in [0.1, 0.15) is 16.8 Å². The Labute approximate surface area is 144 Å². The Hall–Kier alpha value is -2.41. The number of aromatic nitrogens is 1. The number of hydrogen-bond donors (Lipinski definition) is 2. The molecule has 1 unspecified atom stereocenters. The third kappa shape index (κ3) is 4.55. The van der Waals surface area contributed by atoms with E-state index in [4.69, 9.17) is 9.84 Å². The predicted molar refractivity (Wildman–Crippen MR) is 92.2 cm³/mol. The van der Waals surface area contributed by atoms with Gasteiger partial charge in [-0.3, -0.25) is 4.79 Å². The van der Waals surface area contributed by atoms with Gasteiger partial charge in [0.2, 0.25) is 5.91 Å². The molecule has 0 radical (unpaired) electrons. The maximum atomic E-state index is 12.0. The van der Waals surface area contributed by atoms with E-state index in [2.05, 4.69) is 10.3 Å². The molecular weight excluding hydrogens is 328 g/mol. The van der Waals surface area contributed by atoms with Crippen LogP contribution >= 0.6 is 11.3 Å². The van der Waals surface area contributed by atoms with Crippen molar-refractivity contribution in [2.24, 2.45) is 5.92 Å². The van der Waals surface area contributed by atoms with Crippen molar-refractivity contribution >= 4 is 23.2 Å². The lowest BCUT2D eigenvalue weighted by molar-refractivity contribution is -0.143. The lowest BCUT2D eigenvalue weighted by Crippen LogP contribution is -2.44. The molecule has 128 valence electrons. The zero-order valence-electron chi connectivity index (χ0n) is 13.8. The number of amides is 1. The number of benzene rings is 1. The van der Waals surface area contributed by atoms with Gasteiger partial charge in [0.15, 0.2) is 0 Å². The van der Waals surface area contributed by atoms with Crippen LogP contribution in [0.25, 0.3) is 10.6 Å². The van der Waals surface area contributed by atoms with Gasteiger partial charge in [-0.15, -0.1) is 11.3 Å². The predicted octanol–water partition coefficient (Wildman–Crippen LogP) is 2.59. The number of ether oxygens (including phenoxy) is 1. The fourth-order valence-corrected chi connectivity index (χ4v) is 2.98. The summed E-state index contributed by atoms with van der Waals surface area (Å²) in [6.45, 7) is 3.51. The number of carboxylic acids is 1. The molecule has 2 rings (SSSR count). The molecule has 0 aliphatic rings. The number of carbonyl (C=O) groups is 2. The molecule has 0 fully saturated rings. The van der Waals surface area contributed by atoms with Crippen molar-refractivity contribution in [2.45, 2.75) is 26.3 Å². The smallest absolute Gasteiger partial charge is 0.326 e. The van der Waals surface area contributed by atoms with E-state index in [0.29, 0.717) is 5.69 Å². The van der Waals surface area contributed by atoms with Gasteiger partial charge in [-0.05, 0) is 30.2 Å². The van der Waals surface area contributed by atoms with Crippen LogP contribution in [0, 0.1) is 5.92 Å². The molecule has 1 atom stereocenters. The topological polar surface area (TPSA) is 88.5 Å². The summed E-state index contributed by atoms with van der Waals surface area (Å²) in [6.07, 6.45) is 0.0587. The Kier molecular flexibility index (Phi) is 5.92. The number of rotatable bonds is 7. The molecule has 0 aliphatic heterocycles. The van der Waals surface area contributed by atoms with Gasteiger partial charge in [-0.25, -0.2) is 9.78 Å². The molecule has 6 nitrogen and oxygen atoms in total. The molecule has 0 spiro atoms. The molecular formula is C17H20N2O4S. The first kappa shape index (κ1) is 17.9. The maximum absolute atomic E-state index is 12.0. The lowest BCUT2D eigenvalue weighted by atomic mass is 10.0. The van der Waals surface area contributed by atoms with Crippen molar-refractivity contribution in [3.8, 4) is 16.3 Å². The number of nitrogens with one attached hydrogen (secondary N) is 1. The maximum Gasteiger partial charge on any atom is 0.326 e. The molecule has 2 N–H and O–H groups in total. The van der Waals surface area contributed by atoms with E-state index in [1.165, 1.54) is 11.3 Å². The van der Waals surface area contributed by atoms with Crippen molar-refractivity contribution in [1.29, 1.82) is 0 Å². The van der Waals surface area contributed by atoms with Crippen LogP contribution in [-0.4, -0.2) is 35.1 Å². The zero-order valence-corrected chi connectivity index (χ0v) is 14.6. The van der Waals surface area contributed by atoms with Crippen LogP contribution in [-0.2, 0) is 16.0 Å². The summed E-state index contributed by atoms with van der Waals surface area (Å²) in [5.74, 6) is -0.793. The van der Waals surface area contributed by atoms with Crippen LogP contribution in [0.15, 0.2) is 29.6 Å². The third-order valence-corrected chi connectivity index (χ3v) is 4.42. The molecule has 1 heterocycles. The van der Waals surface area contributed by atoms with Gasteiger partial charge >= 0.3 is 5.97 Å². The summed E-state index contributed by atoms with van der Waals surface area (Å²) in [4.78, 5) is 27.6. The van der Waals surface area contributed by atoms with Crippen LogP contribution in [0.4, 0.5) is 0 Å². The van der Waals surface area contributed by atoms with Crippen molar-refractivity contribution in [2.75, 3.05) is 7.11 Å². The minimum absolute atomic E-state index is 0.0587. The Morgan fingerprint density at radius 3 is 2.50 bits per heavy atom. The van der Waals surface area contributed by atoms with Gasteiger partial charge in [-0.2, -0.15) is 0 Å². The quantitative estimate of drug-likeness (QED) is 0.803. The van der Waals surface area contributed by atoms with Gasteiger partial charge < -0.3 is 15.2 Å². The van der Waals surface area contributed by atoms with Crippen LogP contribution in [0.3, 0.4) is 0 Å². The SMILES string of the molecule is COc1ccc(-c2nc(CC(=O)NC(C(=O)O)C(C)C)cs2)cc1. The molecule has 0 bridgehead atoms. The normalized spacial score (nSPS) is 12.0. The van der Waals surface area contributed by atoms with E-state index in [1.54, 1.807) is 21.0 Å². The molecule has 7 heteroatoms. The minimum Gasteiger partial charge on any atom is -0.497 e. The van der Waals surface area contributed by atoms with Gasteiger partial charge in [0.25, 0.3) is 0 Å². The number of carboxylic acid groups (broad SMARTS) is 1. The summed E-state index contributed by atoms with van der Waals surface area (Å²) < 4.78 is 5.12. The largest absolute Gasteiger partial charge is 0.497 e. The van der Waals surface area contributed by atoms with E-state index in [1.807, 2.05) is 29.6 Å². The van der Waals surface area contributed by atoms with E-state index in [9.17, 15) is 9.59 Å². The summed E-state index contributed by atoms with van der Waals surface area (Å²) >= 11 is 1.44. The van der Waals surface area contributed by atoms with E-state index >= 15 is 0 Å². The standard InChI is InChI=1S/C17H20N2O4S/c1-10(2)15(17(21)22)19-14(20)8-12-9-24-16(18-12)11-4-6-13(23-3)7-5-11/h4-7,9-10,15H,8H2,1-3H3,(H,19,20)(H,21,22). The molecule has 0 saturated carbocycles. The number of nitrogens with zero attached hydrogens (tertiary/aromatic N) is 1. The van der Waals surface area contributed by atoms with Crippen LogP contribution in [0.2, 0.25) is 0 Å². The summed E-state index contributed by atoms with van der Waals surface area (Å²) in [5, 5.41) is 14.3.